The topological polar surface area (TPSA) is 53.6 Å². The molecule has 0 atom stereocenters. The Morgan fingerprint density at radius 3 is 2.43 bits per heavy atom. The maximum absolute atomic E-state index is 12.8. The maximum atomic E-state index is 12.8. The van der Waals surface area contributed by atoms with E-state index < -0.39 is 0 Å². The summed E-state index contributed by atoms with van der Waals surface area (Å²) in [6.45, 7) is 2.04. The number of carbonyl (C=O) groups excluding carboxylic acids is 1. The molecule has 3 aromatic rings. The van der Waals surface area contributed by atoms with Gasteiger partial charge in [-0.05, 0) is 66.2 Å². The van der Waals surface area contributed by atoms with Crippen molar-refractivity contribution in [3.05, 3.63) is 65.2 Å². The molecule has 3 aromatic carbocycles. The van der Waals surface area contributed by atoms with E-state index in [2.05, 4.69) is 15.5 Å². The smallest absolute Gasteiger partial charge is 0.261 e. The first-order valence-corrected chi connectivity index (χ1v) is 10.6. The molecule has 0 unspecified atom stereocenters. The van der Waals surface area contributed by atoms with Gasteiger partial charge in [0.05, 0.1) is 23.4 Å². The van der Waals surface area contributed by atoms with Crippen LogP contribution in [0.5, 0.6) is 5.75 Å². The molecule has 5 nitrogen and oxygen atoms in total. The minimum absolute atomic E-state index is 0.195. The second kappa shape index (κ2) is 8.90. The number of methoxy groups -OCH3 is 1. The molecule has 30 heavy (non-hydrogen) atoms. The van der Waals surface area contributed by atoms with E-state index in [-0.39, 0.29) is 11.0 Å². The maximum Gasteiger partial charge on any atom is 0.261 e. The number of carbonyl (C=O) groups is 1. The molecular formula is C23H22ClN3O2S. The summed E-state index contributed by atoms with van der Waals surface area (Å²) in [6.07, 6.45) is 2.37. The lowest BCUT2D eigenvalue weighted by atomic mass is 10.1. The number of ether oxygens (including phenoxy) is 1. The average Bonchev–Trinajstić information content (AvgIpc) is 3.27. The van der Waals surface area contributed by atoms with E-state index in [9.17, 15) is 4.79 Å². The molecule has 0 saturated carbocycles. The van der Waals surface area contributed by atoms with Gasteiger partial charge < -0.3 is 15.0 Å². The zero-order valence-corrected chi connectivity index (χ0v) is 18.1. The van der Waals surface area contributed by atoms with Crippen LogP contribution in [0.15, 0.2) is 54.6 Å². The van der Waals surface area contributed by atoms with Gasteiger partial charge in [-0.3, -0.25) is 10.1 Å². The molecule has 1 aliphatic rings. The van der Waals surface area contributed by atoms with E-state index in [1.165, 1.54) is 12.8 Å². The summed E-state index contributed by atoms with van der Waals surface area (Å²) in [6, 6.07) is 17.2. The van der Waals surface area contributed by atoms with Crippen LogP contribution in [0.25, 0.3) is 10.8 Å². The number of nitrogens with zero attached hydrogens (tertiary/aromatic N) is 1. The Bertz CT molecular complexity index is 1110. The van der Waals surface area contributed by atoms with Gasteiger partial charge in [-0.1, -0.05) is 35.9 Å². The number of fused-ring (bicyclic) bond motifs is 1. The molecule has 0 radical (unpaired) electrons. The van der Waals surface area contributed by atoms with E-state index in [1.807, 2.05) is 48.5 Å². The zero-order chi connectivity index (χ0) is 21.1. The van der Waals surface area contributed by atoms with E-state index in [4.69, 9.17) is 28.6 Å². The molecule has 0 spiro atoms. The molecule has 154 valence electrons. The van der Waals surface area contributed by atoms with Gasteiger partial charge in [0.25, 0.3) is 5.91 Å². The summed E-state index contributed by atoms with van der Waals surface area (Å²) in [5, 5.41) is 8.56. The molecule has 1 heterocycles. The van der Waals surface area contributed by atoms with Crippen LogP contribution in [0, 0.1) is 0 Å². The average molecular weight is 440 g/mol. The Morgan fingerprint density at radius 1 is 1.07 bits per heavy atom. The van der Waals surface area contributed by atoms with Crippen molar-refractivity contribution in [2.75, 3.05) is 30.4 Å². The zero-order valence-electron chi connectivity index (χ0n) is 16.6. The largest absolute Gasteiger partial charge is 0.496 e. The molecule has 1 fully saturated rings. The highest BCUT2D eigenvalue weighted by molar-refractivity contribution is 7.80. The molecule has 1 aliphatic heterocycles. The quantitative estimate of drug-likeness (QED) is 0.545. The Labute approximate surface area is 186 Å². The van der Waals surface area contributed by atoms with Crippen molar-refractivity contribution in [3.8, 4) is 5.75 Å². The second-order valence-electron chi connectivity index (χ2n) is 7.17. The normalized spacial score (nSPS) is 13.3. The van der Waals surface area contributed by atoms with Gasteiger partial charge in [-0.15, -0.1) is 0 Å². The summed E-state index contributed by atoms with van der Waals surface area (Å²) >= 11 is 11.8. The van der Waals surface area contributed by atoms with Crippen LogP contribution >= 0.6 is 23.8 Å². The van der Waals surface area contributed by atoms with Crippen molar-refractivity contribution in [3.63, 3.8) is 0 Å². The van der Waals surface area contributed by atoms with Gasteiger partial charge in [0.2, 0.25) is 0 Å². The first kappa shape index (κ1) is 20.4. The number of amides is 1. The number of nitrogens with one attached hydrogen (secondary N) is 2. The fraction of sp³-hybridized carbons (Fsp3) is 0.217. The molecule has 2 N–H and O–H groups in total. The number of anilines is 2. The summed E-state index contributed by atoms with van der Waals surface area (Å²) in [4.78, 5) is 15.1. The standard InChI is InChI=1S/C23H22ClN3O2S/c1-29-21-13-16-7-3-2-6-15(16)12-18(21)22(28)26-23(30)25-17-8-9-20(19(24)14-17)27-10-4-5-11-27/h2-3,6-9,12-14H,4-5,10-11H2,1H3,(H2,25,26,28,30). The second-order valence-corrected chi connectivity index (χ2v) is 7.98. The van der Waals surface area contributed by atoms with Gasteiger partial charge in [0, 0.05) is 18.8 Å². The van der Waals surface area contributed by atoms with Crippen molar-refractivity contribution in [1.29, 1.82) is 0 Å². The first-order valence-electron chi connectivity index (χ1n) is 9.79. The molecule has 1 saturated heterocycles. The molecule has 1 amide bonds. The number of halogens is 1. The van der Waals surface area contributed by atoms with Crippen LogP contribution in [0.2, 0.25) is 5.02 Å². The molecule has 7 heteroatoms. The number of thiocarbonyl (C=S) groups is 1. The number of rotatable bonds is 4. The van der Waals surface area contributed by atoms with Crippen molar-refractivity contribution >= 4 is 57.0 Å². The molecule has 0 aliphatic carbocycles. The third-order valence-electron chi connectivity index (χ3n) is 5.19. The Hall–Kier alpha value is -2.83. The minimum Gasteiger partial charge on any atom is -0.496 e. The van der Waals surface area contributed by atoms with Gasteiger partial charge >= 0.3 is 0 Å². The van der Waals surface area contributed by atoms with Gasteiger partial charge in [0.1, 0.15) is 5.75 Å². The number of hydrogen-bond acceptors (Lipinski definition) is 4. The molecule has 0 bridgehead atoms. The SMILES string of the molecule is COc1cc2ccccc2cc1C(=O)NC(=S)Nc1ccc(N2CCCC2)c(Cl)c1. The van der Waals surface area contributed by atoms with Gasteiger partial charge in [-0.25, -0.2) is 0 Å². The summed E-state index contributed by atoms with van der Waals surface area (Å²) in [7, 11) is 1.54. The van der Waals surface area contributed by atoms with Crippen LogP contribution in [-0.2, 0) is 0 Å². The van der Waals surface area contributed by atoms with E-state index >= 15 is 0 Å². The third-order valence-corrected chi connectivity index (χ3v) is 5.70. The van der Waals surface area contributed by atoms with Crippen LogP contribution in [0.4, 0.5) is 11.4 Å². The van der Waals surface area contributed by atoms with Crippen LogP contribution in [0.1, 0.15) is 23.2 Å². The lowest BCUT2D eigenvalue weighted by Gasteiger charge is -2.20. The van der Waals surface area contributed by atoms with E-state index in [1.54, 1.807) is 13.2 Å². The molecular weight excluding hydrogens is 418 g/mol. The predicted molar refractivity (Wildman–Crippen MR) is 127 cm³/mol. The van der Waals surface area contributed by atoms with Crippen LogP contribution in [0.3, 0.4) is 0 Å². The fourth-order valence-electron chi connectivity index (χ4n) is 3.70. The van der Waals surface area contributed by atoms with Crippen molar-refractivity contribution in [1.82, 2.24) is 5.32 Å². The van der Waals surface area contributed by atoms with Crippen molar-refractivity contribution in [2.24, 2.45) is 0 Å². The van der Waals surface area contributed by atoms with Crippen LogP contribution < -0.4 is 20.3 Å². The third kappa shape index (κ3) is 4.35. The van der Waals surface area contributed by atoms with E-state index in [0.29, 0.717) is 16.3 Å². The number of benzene rings is 3. The Kier molecular flexibility index (Phi) is 6.06. The predicted octanol–water partition coefficient (Wildman–Crippen LogP) is 5.23. The monoisotopic (exact) mass is 439 g/mol. The highest BCUT2D eigenvalue weighted by Crippen LogP contribution is 2.31. The first-order chi connectivity index (χ1) is 14.5. The van der Waals surface area contributed by atoms with Crippen LogP contribution in [-0.4, -0.2) is 31.2 Å². The lowest BCUT2D eigenvalue weighted by Crippen LogP contribution is -2.34. The summed E-state index contributed by atoms with van der Waals surface area (Å²) in [5.74, 6) is 0.155. The summed E-state index contributed by atoms with van der Waals surface area (Å²) in [5.41, 5.74) is 2.16. The highest BCUT2D eigenvalue weighted by atomic mass is 35.5. The Morgan fingerprint density at radius 2 is 1.77 bits per heavy atom. The highest BCUT2D eigenvalue weighted by Gasteiger charge is 2.17. The van der Waals surface area contributed by atoms with Crippen molar-refractivity contribution in [2.45, 2.75) is 12.8 Å². The molecule has 0 aromatic heterocycles. The summed E-state index contributed by atoms with van der Waals surface area (Å²) < 4.78 is 5.41. The van der Waals surface area contributed by atoms with Crippen molar-refractivity contribution < 1.29 is 9.53 Å². The number of hydrogen-bond donors (Lipinski definition) is 2. The van der Waals surface area contributed by atoms with Gasteiger partial charge in [-0.2, -0.15) is 0 Å². The fourth-order valence-corrected chi connectivity index (χ4v) is 4.21. The Balaban J connectivity index is 1.47. The minimum atomic E-state index is -0.338. The lowest BCUT2D eigenvalue weighted by molar-refractivity contribution is 0.0975. The molecule has 4 rings (SSSR count). The van der Waals surface area contributed by atoms with E-state index in [0.717, 1.165) is 35.2 Å². The van der Waals surface area contributed by atoms with Gasteiger partial charge in [0.15, 0.2) is 5.11 Å².